The molecule has 10 rings (SSSR count). The lowest BCUT2D eigenvalue weighted by Gasteiger charge is -2.19. The van der Waals surface area contributed by atoms with Crippen LogP contribution in [0.5, 0.6) is 0 Å². The molecule has 0 bridgehead atoms. The van der Waals surface area contributed by atoms with Crippen molar-refractivity contribution in [3.63, 3.8) is 0 Å². The Labute approximate surface area is 299 Å². The van der Waals surface area contributed by atoms with E-state index in [9.17, 15) is 0 Å². The number of aliphatic imine (C=N–C) groups is 1. The minimum atomic E-state index is 0.912. The molecule has 0 aliphatic carbocycles. The number of nitrogens with zero attached hydrogens (tertiary/aromatic N) is 2. The molecule has 0 spiro atoms. The summed E-state index contributed by atoms with van der Waals surface area (Å²) < 4.78 is 0. The quantitative estimate of drug-likeness (QED) is 0.174. The summed E-state index contributed by atoms with van der Waals surface area (Å²) >= 11 is 3.72. The van der Waals surface area contributed by atoms with Gasteiger partial charge in [-0.05, 0) is 128 Å². The fraction of sp³-hybridized carbons (Fsp3) is 0.0435. The van der Waals surface area contributed by atoms with Gasteiger partial charge in [-0.2, -0.15) is 0 Å². The molecule has 0 atom stereocenters. The number of allylic oxidation sites excluding steroid dienone is 1. The minimum absolute atomic E-state index is 0.912. The molecule has 0 saturated heterocycles. The van der Waals surface area contributed by atoms with Gasteiger partial charge in [-0.15, -0.1) is 0 Å². The Morgan fingerprint density at radius 3 is 1.64 bits per heavy atom. The molecule has 0 N–H and O–H groups in total. The van der Waals surface area contributed by atoms with Gasteiger partial charge in [-0.25, -0.2) is 4.98 Å². The summed E-state index contributed by atoms with van der Waals surface area (Å²) in [5, 5.41) is 7.69. The van der Waals surface area contributed by atoms with Gasteiger partial charge in [-0.1, -0.05) is 115 Å². The molecule has 4 heteroatoms. The molecule has 1 aromatic heterocycles. The van der Waals surface area contributed by atoms with E-state index < -0.39 is 0 Å². The monoisotopic (exact) mass is 674 g/mol. The normalized spacial score (nSPS) is 13.7. The Bertz CT molecular complexity index is 2690. The Morgan fingerprint density at radius 1 is 0.380 bits per heavy atom. The van der Waals surface area contributed by atoms with Crippen LogP contribution in [0, 0.1) is 0 Å². The van der Waals surface area contributed by atoms with Crippen LogP contribution < -0.4 is 0 Å². The molecule has 2 aliphatic rings. The maximum atomic E-state index is 5.17. The van der Waals surface area contributed by atoms with Gasteiger partial charge < -0.3 is 0 Å². The van der Waals surface area contributed by atoms with E-state index in [1.807, 2.05) is 29.7 Å². The summed E-state index contributed by atoms with van der Waals surface area (Å²) in [5.74, 6) is 0. The molecule has 0 amide bonds. The van der Waals surface area contributed by atoms with Crippen LogP contribution in [0.2, 0.25) is 0 Å². The van der Waals surface area contributed by atoms with Gasteiger partial charge in [0.2, 0.25) is 0 Å². The topological polar surface area (TPSA) is 25.2 Å². The molecule has 2 aliphatic heterocycles. The van der Waals surface area contributed by atoms with Crippen molar-refractivity contribution in [2.45, 2.75) is 32.4 Å². The average Bonchev–Trinajstić information content (AvgIpc) is 3.20. The lowest BCUT2D eigenvalue weighted by Crippen LogP contribution is -1.95. The summed E-state index contributed by atoms with van der Waals surface area (Å²) in [7, 11) is 0. The molecule has 236 valence electrons. The van der Waals surface area contributed by atoms with Crippen LogP contribution in [0.15, 0.2) is 176 Å². The van der Waals surface area contributed by atoms with Crippen LogP contribution in [0.25, 0.3) is 71.5 Å². The average molecular weight is 675 g/mol. The number of hydrogen-bond donors (Lipinski definition) is 0. The van der Waals surface area contributed by atoms with Crippen molar-refractivity contribution >= 4 is 67.8 Å². The molecule has 2 nitrogen and oxygen atoms in total. The van der Waals surface area contributed by atoms with Crippen LogP contribution in [-0.4, -0.2) is 11.2 Å². The first-order chi connectivity index (χ1) is 24.7. The lowest BCUT2D eigenvalue weighted by atomic mass is 9.90. The molecular formula is C46H30N2S2. The highest BCUT2D eigenvalue weighted by Crippen LogP contribution is 2.49. The zero-order chi connectivity index (χ0) is 33.0. The highest BCUT2D eigenvalue weighted by molar-refractivity contribution is 8.05. The van der Waals surface area contributed by atoms with E-state index in [0.717, 1.165) is 35.5 Å². The van der Waals surface area contributed by atoms with Crippen molar-refractivity contribution in [2.75, 3.05) is 0 Å². The van der Waals surface area contributed by atoms with Gasteiger partial charge in [0.1, 0.15) is 0 Å². The molecule has 0 unspecified atom stereocenters. The Hall–Kier alpha value is -5.42. The van der Waals surface area contributed by atoms with E-state index in [-0.39, 0.29) is 0 Å². The first kappa shape index (κ1) is 29.5. The summed E-state index contributed by atoms with van der Waals surface area (Å²) in [5.41, 5.74) is 8.64. The van der Waals surface area contributed by atoms with Crippen molar-refractivity contribution < 1.29 is 0 Å². The van der Waals surface area contributed by atoms with E-state index in [1.165, 1.54) is 74.2 Å². The van der Waals surface area contributed by atoms with Crippen LogP contribution in [-0.2, 0) is 0 Å². The Morgan fingerprint density at radius 2 is 0.940 bits per heavy atom. The van der Waals surface area contributed by atoms with Crippen molar-refractivity contribution in [2.24, 2.45) is 4.99 Å². The highest BCUT2D eigenvalue weighted by atomic mass is 32.2. The SMILES string of the molecule is C1=NC(c2cccc(-c3cc(-c4ccc5c(c4)Sc4ccccc4S5)cc(-c4ccc5c6ccccc6c6ccccc6c5c4)c3)n2)=CCC1. The first-order valence-electron chi connectivity index (χ1n) is 17.0. The summed E-state index contributed by atoms with van der Waals surface area (Å²) in [6.45, 7) is 0. The number of aromatic nitrogens is 1. The van der Waals surface area contributed by atoms with E-state index in [0.29, 0.717) is 0 Å². The number of fused-ring (bicyclic) bond motifs is 8. The molecule has 0 fully saturated rings. The number of benzene rings is 7. The zero-order valence-corrected chi connectivity index (χ0v) is 28.8. The van der Waals surface area contributed by atoms with Crippen molar-refractivity contribution in [1.82, 2.24) is 4.98 Å². The molecule has 50 heavy (non-hydrogen) atoms. The fourth-order valence-corrected chi connectivity index (χ4v) is 9.58. The predicted molar refractivity (Wildman–Crippen MR) is 213 cm³/mol. The second-order valence-electron chi connectivity index (χ2n) is 12.8. The first-order valence-corrected chi connectivity index (χ1v) is 18.7. The maximum absolute atomic E-state index is 5.17. The van der Waals surface area contributed by atoms with Crippen LogP contribution in [0.4, 0.5) is 0 Å². The van der Waals surface area contributed by atoms with Crippen molar-refractivity contribution in [1.29, 1.82) is 0 Å². The van der Waals surface area contributed by atoms with E-state index in [4.69, 9.17) is 4.98 Å². The largest absolute Gasteiger partial charge is 0.259 e. The van der Waals surface area contributed by atoms with E-state index in [2.05, 4.69) is 157 Å². The second kappa shape index (κ2) is 12.2. The fourth-order valence-electron chi connectivity index (χ4n) is 7.32. The van der Waals surface area contributed by atoms with Crippen molar-refractivity contribution in [3.8, 4) is 33.5 Å². The number of rotatable bonds is 4. The Kier molecular flexibility index (Phi) is 7.18. The third-order valence-electron chi connectivity index (χ3n) is 9.75. The van der Waals surface area contributed by atoms with Gasteiger partial charge in [0.05, 0.1) is 17.1 Å². The zero-order valence-electron chi connectivity index (χ0n) is 27.1. The molecule has 3 heterocycles. The second-order valence-corrected chi connectivity index (χ2v) is 15.0. The number of pyridine rings is 1. The van der Waals surface area contributed by atoms with Gasteiger partial charge in [0.15, 0.2) is 0 Å². The van der Waals surface area contributed by atoms with Gasteiger partial charge in [0.25, 0.3) is 0 Å². The van der Waals surface area contributed by atoms with E-state index >= 15 is 0 Å². The summed E-state index contributed by atoms with van der Waals surface area (Å²) in [6, 6.07) is 53.4. The van der Waals surface area contributed by atoms with Crippen LogP contribution >= 0.6 is 23.5 Å². The van der Waals surface area contributed by atoms with E-state index in [1.54, 1.807) is 0 Å². The van der Waals surface area contributed by atoms with Gasteiger partial charge >= 0.3 is 0 Å². The van der Waals surface area contributed by atoms with Crippen molar-refractivity contribution in [3.05, 3.63) is 157 Å². The minimum Gasteiger partial charge on any atom is -0.259 e. The van der Waals surface area contributed by atoms with Crippen LogP contribution in [0.1, 0.15) is 18.5 Å². The predicted octanol–water partition coefficient (Wildman–Crippen LogP) is 13.4. The van der Waals surface area contributed by atoms with Gasteiger partial charge in [-0.3, -0.25) is 4.99 Å². The number of hydrogen-bond acceptors (Lipinski definition) is 4. The third kappa shape index (κ3) is 5.15. The maximum Gasteiger partial charge on any atom is 0.0890 e. The summed E-state index contributed by atoms with van der Waals surface area (Å²) in [4.78, 5) is 15.1. The Balaban J connectivity index is 1.16. The summed E-state index contributed by atoms with van der Waals surface area (Å²) in [6.07, 6.45) is 6.17. The van der Waals surface area contributed by atoms with Crippen LogP contribution in [0.3, 0.4) is 0 Å². The molecule has 0 radical (unpaired) electrons. The van der Waals surface area contributed by atoms with Gasteiger partial charge in [0, 0.05) is 31.4 Å². The standard InChI is InChI=1S/C46H30N2S2/c1-2-12-36-34(10-1)35-11-3-4-13-37(35)39-27-29(19-21-38(36)39)31-24-32(30-20-22-45-46(28-30)50-44-18-6-5-17-43(44)49-45)26-33(25-31)40-15-9-16-42(48-40)41-14-7-8-23-47-41/h1-6,9-28H,7-8H2. The molecule has 7 aromatic carbocycles. The third-order valence-corrected chi connectivity index (χ3v) is 12.3. The smallest absolute Gasteiger partial charge is 0.0890 e. The molecular weight excluding hydrogens is 645 g/mol. The molecule has 8 aromatic rings. The molecule has 0 saturated carbocycles. The highest BCUT2D eigenvalue weighted by Gasteiger charge is 2.19. The lowest BCUT2D eigenvalue weighted by molar-refractivity contribution is 1.08.